The zero-order valence-electron chi connectivity index (χ0n) is 9.07. The van der Waals surface area contributed by atoms with E-state index in [9.17, 15) is 12.8 Å². The minimum atomic E-state index is -3.54. The summed E-state index contributed by atoms with van der Waals surface area (Å²) in [6.07, 6.45) is 0. The largest absolute Gasteiger partial charge is 0.223 e. The van der Waals surface area contributed by atoms with Gasteiger partial charge in [-0.15, -0.1) is 0 Å². The van der Waals surface area contributed by atoms with Crippen LogP contribution in [0.4, 0.5) is 4.39 Å². The van der Waals surface area contributed by atoms with Crippen molar-refractivity contribution in [2.24, 2.45) is 5.92 Å². The van der Waals surface area contributed by atoms with Crippen molar-refractivity contribution in [1.29, 1.82) is 0 Å². The Morgan fingerprint density at radius 2 is 1.67 bits per heavy atom. The lowest BCUT2D eigenvalue weighted by Crippen LogP contribution is -2.24. The van der Waals surface area contributed by atoms with Gasteiger partial charge in [-0.05, 0) is 25.0 Å². The molecule has 0 aliphatic carbocycles. The minimum absolute atomic E-state index is 0.0328. The Kier molecular flexibility index (Phi) is 3.50. The molecule has 84 valence electrons. The van der Waals surface area contributed by atoms with E-state index in [2.05, 4.69) is 0 Å². The van der Waals surface area contributed by atoms with Crippen molar-refractivity contribution >= 4 is 9.84 Å². The van der Waals surface area contributed by atoms with Crippen LogP contribution in [0.3, 0.4) is 0 Å². The third-order valence-electron chi connectivity index (χ3n) is 2.57. The Bertz CT molecular complexity index is 438. The lowest BCUT2D eigenvalue weighted by molar-refractivity contribution is 0.532. The third kappa shape index (κ3) is 2.37. The quantitative estimate of drug-likeness (QED) is 0.800. The highest BCUT2D eigenvalue weighted by Crippen LogP contribution is 2.23. The molecule has 1 rings (SSSR count). The van der Waals surface area contributed by atoms with Crippen LogP contribution >= 0.6 is 0 Å². The molecule has 15 heavy (non-hydrogen) atoms. The van der Waals surface area contributed by atoms with Gasteiger partial charge >= 0.3 is 0 Å². The van der Waals surface area contributed by atoms with Crippen LogP contribution in [0.2, 0.25) is 0 Å². The van der Waals surface area contributed by atoms with Gasteiger partial charge in [0.25, 0.3) is 0 Å². The highest BCUT2D eigenvalue weighted by Gasteiger charge is 2.28. The summed E-state index contributed by atoms with van der Waals surface area (Å²) in [7, 11) is -3.54. The van der Waals surface area contributed by atoms with Crippen molar-refractivity contribution in [1.82, 2.24) is 0 Å². The van der Waals surface area contributed by atoms with Gasteiger partial charge in [0.1, 0.15) is 10.7 Å². The van der Waals surface area contributed by atoms with Gasteiger partial charge in [-0.1, -0.05) is 26.0 Å². The molecule has 0 aliphatic heterocycles. The van der Waals surface area contributed by atoms with E-state index < -0.39 is 20.9 Å². The zero-order chi connectivity index (χ0) is 11.6. The van der Waals surface area contributed by atoms with Gasteiger partial charge in [-0.3, -0.25) is 0 Å². The van der Waals surface area contributed by atoms with Crippen molar-refractivity contribution in [3.8, 4) is 0 Å². The zero-order valence-corrected chi connectivity index (χ0v) is 9.88. The van der Waals surface area contributed by atoms with Gasteiger partial charge < -0.3 is 0 Å². The standard InChI is InChI=1S/C11H15FO2S/c1-8(2)9(3)15(13,14)11-7-5-4-6-10(11)12/h4-9H,1-3H3. The lowest BCUT2D eigenvalue weighted by Gasteiger charge is -2.16. The van der Waals surface area contributed by atoms with E-state index in [0.29, 0.717) is 0 Å². The van der Waals surface area contributed by atoms with Crippen molar-refractivity contribution in [2.45, 2.75) is 30.9 Å². The predicted octanol–water partition coefficient (Wildman–Crippen LogP) is 2.64. The van der Waals surface area contributed by atoms with Crippen LogP contribution in [-0.2, 0) is 9.84 Å². The number of sulfone groups is 1. The fourth-order valence-electron chi connectivity index (χ4n) is 1.23. The van der Waals surface area contributed by atoms with Crippen molar-refractivity contribution < 1.29 is 12.8 Å². The molecule has 0 amide bonds. The molecule has 0 radical (unpaired) electrons. The van der Waals surface area contributed by atoms with Crippen LogP contribution in [0.5, 0.6) is 0 Å². The maximum atomic E-state index is 13.3. The van der Waals surface area contributed by atoms with Gasteiger partial charge in [0.15, 0.2) is 9.84 Å². The van der Waals surface area contributed by atoms with Gasteiger partial charge in [0.2, 0.25) is 0 Å². The van der Waals surface area contributed by atoms with Crippen LogP contribution in [0.15, 0.2) is 29.2 Å². The second kappa shape index (κ2) is 4.31. The maximum Gasteiger partial charge on any atom is 0.184 e. The molecule has 0 fully saturated rings. The molecule has 0 saturated carbocycles. The molecule has 1 aromatic rings. The van der Waals surface area contributed by atoms with E-state index in [1.807, 2.05) is 13.8 Å². The van der Waals surface area contributed by atoms with Crippen LogP contribution < -0.4 is 0 Å². The fraction of sp³-hybridized carbons (Fsp3) is 0.455. The first kappa shape index (κ1) is 12.2. The van der Waals surface area contributed by atoms with Gasteiger partial charge in [0, 0.05) is 0 Å². The second-order valence-electron chi connectivity index (χ2n) is 3.92. The predicted molar refractivity (Wildman–Crippen MR) is 57.9 cm³/mol. The Balaban J connectivity index is 3.24. The van der Waals surface area contributed by atoms with Crippen molar-refractivity contribution in [3.63, 3.8) is 0 Å². The first-order valence-corrected chi connectivity index (χ1v) is 6.40. The third-order valence-corrected chi connectivity index (χ3v) is 5.04. The minimum Gasteiger partial charge on any atom is -0.223 e. The van der Waals surface area contributed by atoms with Crippen LogP contribution in [0.25, 0.3) is 0 Å². The molecule has 0 aliphatic rings. The molecule has 0 aromatic heterocycles. The molecule has 1 aromatic carbocycles. The normalized spacial score (nSPS) is 14.2. The molecule has 0 heterocycles. The monoisotopic (exact) mass is 230 g/mol. The number of hydrogen-bond donors (Lipinski definition) is 0. The summed E-state index contributed by atoms with van der Waals surface area (Å²) in [4.78, 5) is -0.203. The smallest absolute Gasteiger partial charge is 0.184 e. The number of rotatable bonds is 3. The van der Waals surface area contributed by atoms with Crippen molar-refractivity contribution in [2.75, 3.05) is 0 Å². The Labute approximate surface area is 90.0 Å². The van der Waals surface area contributed by atoms with Gasteiger partial charge in [0.05, 0.1) is 5.25 Å². The topological polar surface area (TPSA) is 34.1 Å². The van der Waals surface area contributed by atoms with E-state index in [0.717, 1.165) is 0 Å². The van der Waals surface area contributed by atoms with Crippen LogP contribution in [0, 0.1) is 11.7 Å². The average molecular weight is 230 g/mol. The summed E-state index contributed by atoms with van der Waals surface area (Å²) >= 11 is 0. The van der Waals surface area contributed by atoms with Gasteiger partial charge in [-0.2, -0.15) is 0 Å². The molecule has 1 atom stereocenters. The molecular weight excluding hydrogens is 215 g/mol. The first-order valence-electron chi connectivity index (χ1n) is 4.85. The highest BCUT2D eigenvalue weighted by molar-refractivity contribution is 7.92. The molecule has 2 nitrogen and oxygen atoms in total. The highest BCUT2D eigenvalue weighted by atomic mass is 32.2. The van der Waals surface area contributed by atoms with E-state index in [4.69, 9.17) is 0 Å². The van der Waals surface area contributed by atoms with Crippen LogP contribution in [-0.4, -0.2) is 13.7 Å². The SMILES string of the molecule is CC(C)C(C)S(=O)(=O)c1ccccc1F. The molecule has 0 saturated heterocycles. The van der Waals surface area contributed by atoms with E-state index in [1.54, 1.807) is 6.92 Å². The van der Waals surface area contributed by atoms with E-state index in [-0.39, 0.29) is 10.8 Å². The first-order chi connectivity index (χ1) is 6.87. The summed E-state index contributed by atoms with van der Waals surface area (Å²) in [6.45, 7) is 5.22. The fourth-order valence-corrected chi connectivity index (χ4v) is 2.96. The molecule has 4 heteroatoms. The van der Waals surface area contributed by atoms with Gasteiger partial charge in [-0.25, -0.2) is 12.8 Å². The Morgan fingerprint density at radius 3 is 2.13 bits per heavy atom. The number of benzene rings is 1. The van der Waals surface area contributed by atoms with E-state index in [1.165, 1.54) is 24.3 Å². The summed E-state index contributed by atoms with van der Waals surface area (Å²) in [5.41, 5.74) is 0. The molecule has 0 N–H and O–H groups in total. The number of hydrogen-bond acceptors (Lipinski definition) is 2. The molecular formula is C11H15FO2S. The summed E-state index contributed by atoms with van der Waals surface area (Å²) in [5.74, 6) is -0.709. The van der Waals surface area contributed by atoms with E-state index >= 15 is 0 Å². The average Bonchev–Trinajstić information content (AvgIpc) is 2.16. The maximum absolute atomic E-state index is 13.3. The summed E-state index contributed by atoms with van der Waals surface area (Å²) in [6, 6.07) is 5.49. The summed E-state index contributed by atoms with van der Waals surface area (Å²) < 4.78 is 37.2. The number of halogens is 1. The molecule has 1 unspecified atom stereocenters. The Morgan fingerprint density at radius 1 is 1.13 bits per heavy atom. The lowest BCUT2D eigenvalue weighted by atomic mass is 10.2. The molecule has 0 spiro atoms. The van der Waals surface area contributed by atoms with Crippen LogP contribution in [0.1, 0.15) is 20.8 Å². The second-order valence-corrected chi connectivity index (χ2v) is 6.20. The van der Waals surface area contributed by atoms with Crippen molar-refractivity contribution in [3.05, 3.63) is 30.1 Å². The Hall–Kier alpha value is -0.900. The molecule has 0 bridgehead atoms. The summed E-state index contributed by atoms with van der Waals surface area (Å²) in [5, 5.41) is -0.575.